The third kappa shape index (κ3) is 3.58. The molecule has 1 aromatic carbocycles. The van der Waals surface area contributed by atoms with Gasteiger partial charge < -0.3 is 0 Å². The Hall–Kier alpha value is -1.94. The first kappa shape index (κ1) is 15.4. The van der Waals surface area contributed by atoms with Crippen molar-refractivity contribution in [3.63, 3.8) is 0 Å². The SMILES string of the molecule is CC(NS(=O)(=O)c1cc(C#N)ccc1Cl)c1ccccn1. The molecule has 1 N–H and O–H groups in total. The number of nitriles is 1. The number of hydrogen-bond acceptors (Lipinski definition) is 4. The fourth-order valence-corrected chi connectivity index (χ4v) is 3.51. The molecule has 1 atom stereocenters. The molecule has 1 heterocycles. The van der Waals surface area contributed by atoms with Crippen LogP contribution < -0.4 is 4.72 Å². The van der Waals surface area contributed by atoms with Crippen molar-refractivity contribution in [2.75, 3.05) is 0 Å². The summed E-state index contributed by atoms with van der Waals surface area (Å²) < 4.78 is 27.2. The smallest absolute Gasteiger partial charge is 0.242 e. The topological polar surface area (TPSA) is 82.9 Å². The van der Waals surface area contributed by atoms with Crippen LogP contribution in [0.3, 0.4) is 0 Å². The number of sulfonamides is 1. The van der Waals surface area contributed by atoms with Crippen molar-refractivity contribution in [2.45, 2.75) is 17.9 Å². The van der Waals surface area contributed by atoms with E-state index in [4.69, 9.17) is 16.9 Å². The van der Waals surface area contributed by atoms with Crippen molar-refractivity contribution in [3.8, 4) is 6.07 Å². The minimum absolute atomic E-state index is 0.0646. The lowest BCUT2D eigenvalue weighted by molar-refractivity contribution is 0.564. The van der Waals surface area contributed by atoms with Crippen LogP contribution in [0.1, 0.15) is 24.2 Å². The van der Waals surface area contributed by atoms with E-state index in [0.29, 0.717) is 5.69 Å². The van der Waals surface area contributed by atoms with E-state index in [-0.39, 0.29) is 15.5 Å². The highest BCUT2D eigenvalue weighted by molar-refractivity contribution is 7.89. The van der Waals surface area contributed by atoms with E-state index in [1.165, 1.54) is 18.2 Å². The number of hydrogen-bond donors (Lipinski definition) is 1. The Balaban J connectivity index is 2.33. The zero-order chi connectivity index (χ0) is 15.5. The van der Waals surface area contributed by atoms with Gasteiger partial charge >= 0.3 is 0 Å². The fourth-order valence-electron chi connectivity index (χ4n) is 1.77. The van der Waals surface area contributed by atoms with Gasteiger partial charge in [0.1, 0.15) is 4.90 Å². The summed E-state index contributed by atoms with van der Waals surface area (Å²) in [5.41, 5.74) is 0.818. The molecule has 1 aromatic heterocycles. The van der Waals surface area contributed by atoms with Crippen LogP contribution in [0.5, 0.6) is 0 Å². The molecule has 0 fully saturated rings. The van der Waals surface area contributed by atoms with Gasteiger partial charge in [0.05, 0.1) is 28.4 Å². The lowest BCUT2D eigenvalue weighted by Crippen LogP contribution is -2.27. The van der Waals surface area contributed by atoms with Gasteiger partial charge in [-0.1, -0.05) is 17.7 Å². The Morgan fingerprint density at radius 1 is 1.33 bits per heavy atom. The molecule has 0 radical (unpaired) electrons. The Bertz CT molecular complexity index is 786. The van der Waals surface area contributed by atoms with E-state index < -0.39 is 16.1 Å². The zero-order valence-corrected chi connectivity index (χ0v) is 12.7. The Morgan fingerprint density at radius 2 is 2.10 bits per heavy atom. The van der Waals surface area contributed by atoms with Crippen LogP contribution in [0, 0.1) is 11.3 Å². The first-order valence-corrected chi connectivity index (χ1v) is 7.93. The molecule has 108 valence electrons. The molecule has 0 amide bonds. The summed E-state index contributed by atoms with van der Waals surface area (Å²) in [4.78, 5) is 3.98. The molecule has 0 saturated heterocycles. The quantitative estimate of drug-likeness (QED) is 0.938. The molecule has 0 saturated carbocycles. The highest BCUT2D eigenvalue weighted by Crippen LogP contribution is 2.24. The maximum Gasteiger partial charge on any atom is 0.242 e. The van der Waals surface area contributed by atoms with Crippen LogP contribution in [0.25, 0.3) is 0 Å². The molecule has 0 bridgehead atoms. The van der Waals surface area contributed by atoms with Gasteiger partial charge in [0.2, 0.25) is 10.0 Å². The van der Waals surface area contributed by atoms with Crippen LogP contribution in [-0.2, 0) is 10.0 Å². The standard InChI is InChI=1S/C14H12ClN3O2S/c1-10(13-4-2-3-7-17-13)18-21(19,20)14-8-11(9-16)5-6-12(14)15/h2-8,10,18H,1H3. The number of pyridine rings is 1. The molecule has 5 nitrogen and oxygen atoms in total. The number of nitrogens with one attached hydrogen (secondary N) is 1. The molecule has 0 aliphatic carbocycles. The van der Waals surface area contributed by atoms with Gasteiger partial charge in [-0.15, -0.1) is 0 Å². The second-order valence-electron chi connectivity index (χ2n) is 4.35. The van der Waals surface area contributed by atoms with Crippen molar-refractivity contribution < 1.29 is 8.42 Å². The zero-order valence-electron chi connectivity index (χ0n) is 11.1. The molecular weight excluding hydrogens is 310 g/mol. The highest BCUT2D eigenvalue weighted by Gasteiger charge is 2.22. The van der Waals surface area contributed by atoms with Gasteiger partial charge in [-0.2, -0.15) is 5.26 Å². The predicted octanol–water partition coefficient (Wildman–Crippen LogP) is 2.65. The monoisotopic (exact) mass is 321 g/mol. The van der Waals surface area contributed by atoms with Gasteiger partial charge in [-0.25, -0.2) is 13.1 Å². The predicted molar refractivity (Wildman–Crippen MR) is 79.1 cm³/mol. The Labute approximate surface area is 128 Å². The van der Waals surface area contributed by atoms with Gasteiger partial charge in [0.15, 0.2) is 0 Å². The molecule has 1 unspecified atom stereocenters. The van der Waals surface area contributed by atoms with Crippen LogP contribution >= 0.6 is 11.6 Å². The lowest BCUT2D eigenvalue weighted by Gasteiger charge is -2.14. The minimum Gasteiger partial charge on any atom is -0.260 e. The van der Waals surface area contributed by atoms with Crippen LogP contribution in [0.4, 0.5) is 0 Å². The number of nitrogens with zero attached hydrogens (tertiary/aromatic N) is 2. The van der Waals surface area contributed by atoms with Crippen molar-refractivity contribution in [1.29, 1.82) is 5.26 Å². The van der Waals surface area contributed by atoms with Crippen molar-refractivity contribution in [3.05, 3.63) is 58.9 Å². The van der Waals surface area contributed by atoms with E-state index in [1.807, 2.05) is 6.07 Å². The minimum atomic E-state index is -3.84. The molecular formula is C14H12ClN3O2S. The summed E-state index contributed by atoms with van der Waals surface area (Å²) in [7, 11) is -3.84. The molecule has 0 aliphatic heterocycles. The first-order valence-electron chi connectivity index (χ1n) is 6.07. The second-order valence-corrected chi connectivity index (χ2v) is 6.44. The molecule has 2 rings (SSSR count). The molecule has 0 aliphatic rings. The van der Waals surface area contributed by atoms with E-state index in [0.717, 1.165) is 0 Å². The van der Waals surface area contributed by atoms with Crippen LogP contribution in [-0.4, -0.2) is 13.4 Å². The summed E-state index contributed by atoms with van der Waals surface area (Å²) in [6.07, 6.45) is 1.59. The van der Waals surface area contributed by atoms with E-state index >= 15 is 0 Å². The Morgan fingerprint density at radius 3 is 2.71 bits per heavy atom. The van der Waals surface area contributed by atoms with Gasteiger partial charge in [0, 0.05) is 6.20 Å². The molecule has 2 aromatic rings. The number of halogens is 1. The van der Waals surface area contributed by atoms with Gasteiger partial charge in [-0.05, 0) is 37.3 Å². The summed E-state index contributed by atoms with van der Waals surface area (Å²) in [5.74, 6) is 0. The summed E-state index contributed by atoms with van der Waals surface area (Å²) in [5, 5.41) is 8.92. The Kier molecular flexibility index (Phi) is 4.58. The van der Waals surface area contributed by atoms with Crippen molar-refractivity contribution >= 4 is 21.6 Å². The fraction of sp³-hybridized carbons (Fsp3) is 0.143. The highest BCUT2D eigenvalue weighted by atomic mass is 35.5. The average molecular weight is 322 g/mol. The van der Waals surface area contributed by atoms with E-state index in [9.17, 15) is 8.42 Å². The molecule has 0 spiro atoms. The summed E-state index contributed by atoms with van der Waals surface area (Å²) in [6.45, 7) is 1.68. The lowest BCUT2D eigenvalue weighted by atomic mass is 10.2. The number of rotatable bonds is 4. The molecule has 21 heavy (non-hydrogen) atoms. The van der Waals surface area contributed by atoms with Crippen LogP contribution in [0.2, 0.25) is 5.02 Å². The average Bonchev–Trinajstić information content (AvgIpc) is 2.48. The third-order valence-electron chi connectivity index (χ3n) is 2.81. The maximum atomic E-state index is 12.4. The summed E-state index contributed by atoms with van der Waals surface area (Å²) in [6, 6.07) is 10.7. The third-order valence-corrected chi connectivity index (χ3v) is 4.84. The van der Waals surface area contributed by atoms with Gasteiger partial charge in [0.25, 0.3) is 0 Å². The van der Waals surface area contributed by atoms with E-state index in [1.54, 1.807) is 31.3 Å². The number of benzene rings is 1. The van der Waals surface area contributed by atoms with Gasteiger partial charge in [-0.3, -0.25) is 4.98 Å². The normalized spacial score (nSPS) is 12.6. The number of aromatic nitrogens is 1. The van der Waals surface area contributed by atoms with Crippen molar-refractivity contribution in [2.24, 2.45) is 0 Å². The largest absolute Gasteiger partial charge is 0.260 e. The van der Waals surface area contributed by atoms with Crippen molar-refractivity contribution in [1.82, 2.24) is 9.71 Å². The van der Waals surface area contributed by atoms with Crippen LogP contribution in [0.15, 0.2) is 47.5 Å². The van der Waals surface area contributed by atoms with E-state index in [2.05, 4.69) is 9.71 Å². The first-order chi connectivity index (χ1) is 9.94. The second kappa shape index (κ2) is 6.22. The maximum absolute atomic E-state index is 12.4. The summed E-state index contributed by atoms with van der Waals surface area (Å²) >= 11 is 5.92. The molecule has 7 heteroatoms.